The molecule has 0 bridgehead atoms. The minimum atomic E-state index is -1.36. The van der Waals surface area contributed by atoms with Crippen molar-refractivity contribution in [3.63, 3.8) is 0 Å². The fourth-order valence-electron chi connectivity index (χ4n) is 3.28. The molecule has 5 heteroatoms. The van der Waals surface area contributed by atoms with Gasteiger partial charge in [-0.05, 0) is 37.5 Å². The number of esters is 1. The van der Waals surface area contributed by atoms with E-state index in [4.69, 9.17) is 15.2 Å². The lowest BCUT2D eigenvalue weighted by Gasteiger charge is -2.43. The molecule has 0 saturated carbocycles. The summed E-state index contributed by atoms with van der Waals surface area (Å²) in [5, 5.41) is 10.3. The highest BCUT2D eigenvalue weighted by atomic mass is 16.6. The van der Waals surface area contributed by atoms with Crippen LogP contribution in [0, 0.1) is 0 Å². The van der Waals surface area contributed by atoms with Crippen LogP contribution in [0.2, 0.25) is 0 Å². The van der Waals surface area contributed by atoms with Gasteiger partial charge in [0.25, 0.3) is 0 Å². The molecule has 0 aromatic heterocycles. The van der Waals surface area contributed by atoms with Crippen LogP contribution in [-0.2, 0) is 16.0 Å². The summed E-state index contributed by atoms with van der Waals surface area (Å²) in [6.45, 7) is 5.72. The van der Waals surface area contributed by atoms with Crippen molar-refractivity contribution in [2.45, 2.75) is 51.0 Å². The number of hydrogen-bond acceptors (Lipinski definition) is 5. The van der Waals surface area contributed by atoms with Crippen LogP contribution < -0.4 is 10.5 Å². The number of aliphatic hydroxyl groups is 1. The Hall–Kier alpha value is -2.37. The second kappa shape index (κ2) is 7.09. The summed E-state index contributed by atoms with van der Waals surface area (Å²) in [6, 6.07) is 14.1. The van der Waals surface area contributed by atoms with Crippen molar-refractivity contribution < 1.29 is 19.4 Å². The van der Waals surface area contributed by atoms with E-state index >= 15 is 0 Å². The van der Waals surface area contributed by atoms with Crippen LogP contribution in [0.1, 0.15) is 49.6 Å². The molecule has 2 aromatic carbocycles. The first-order chi connectivity index (χ1) is 12.3. The molecule has 2 aromatic rings. The Morgan fingerprint density at radius 3 is 2.62 bits per heavy atom. The van der Waals surface area contributed by atoms with E-state index in [0.717, 1.165) is 17.5 Å². The standard InChI is InChI=1S/C21H25NO4/c1-4-13-10-11-16-15(12-13)17(22)19(21(2,3)26-16)25-20(24)18(23)14-8-6-5-7-9-14/h5-12,17-19,23H,4,22H2,1-3H3/t17-,18?,19+/m1/s1. The third-order valence-corrected chi connectivity index (χ3v) is 4.81. The molecule has 26 heavy (non-hydrogen) atoms. The minimum absolute atomic E-state index is 0.481. The minimum Gasteiger partial charge on any atom is -0.484 e. The highest BCUT2D eigenvalue weighted by Crippen LogP contribution is 2.41. The molecular weight excluding hydrogens is 330 g/mol. The maximum atomic E-state index is 12.5. The number of hydrogen-bond donors (Lipinski definition) is 2. The van der Waals surface area contributed by atoms with Crippen molar-refractivity contribution in [1.29, 1.82) is 0 Å². The van der Waals surface area contributed by atoms with Gasteiger partial charge in [-0.2, -0.15) is 0 Å². The van der Waals surface area contributed by atoms with Gasteiger partial charge >= 0.3 is 5.97 Å². The largest absolute Gasteiger partial charge is 0.484 e. The van der Waals surface area contributed by atoms with Gasteiger partial charge in [0.1, 0.15) is 11.4 Å². The monoisotopic (exact) mass is 355 g/mol. The Morgan fingerprint density at radius 2 is 1.96 bits per heavy atom. The number of nitrogens with two attached hydrogens (primary N) is 1. The summed E-state index contributed by atoms with van der Waals surface area (Å²) < 4.78 is 11.7. The predicted molar refractivity (Wildman–Crippen MR) is 98.7 cm³/mol. The highest BCUT2D eigenvalue weighted by molar-refractivity contribution is 5.76. The van der Waals surface area contributed by atoms with Gasteiger partial charge in [0.2, 0.25) is 0 Å². The molecule has 0 fully saturated rings. The molecule has 1 heterocycles. The van der Waals surface area contributed by atoms with Gasteiger partial charge in [0.15, 0.2) is 12.2 Å². The maximum Gasteiger partial charge on any atom is 0.340 e. The summed E-state index contributed by atoms with van der Waals surface area (Å²) in [4.78, 5) is 12.5. The average Bonchev–Trinajstić information content (AvgIpc) is 2.64. The van der Waals surface area contributed by atoms with E-state index in [1.54, 1.807) is 24.3 Å². The zero-order valence-corrected chi connectivity index (χ0v) is 15.3. The quantitative estimate of drug-likeness (QED) is 0.824. The van der Waals surface area contributed by atoms with E-state index in [1.807, 2.05) is 38.1 Å². The van der Waals surface area contributed by atoms with Crippen LogP contribution in [-0.4, -0.2) is 22.8 Å². The fourth-order valence-corrected chi connectivity index (χ4v) is 3.28. The topological polar surface area (TPSA) is 81.8 Å². The Kier molecular flexibility index (Phi) is 5.03. The SMILES string of the molecule is CCc1ccc2c(c1)[C@@H](N)[C@H](OC(=O)C(O)c1ccccc1)C(C)(C)O2. The Balaban J connectivity index is 1.85. The molecule has 0 radical (unpaired) electrons. The third kappa shape index (κ3) is 3.45. The van der Waals surface area contributed by atoms with Crippen molar-refractivity contribution in [3.05, 3.63) is 65.2 Å². The number of carbonyl (C=O) groups excluding carboxylic acids is 1. The van der Waals surface area contributed by atoms with Gasteiger partial charge in [-0.1, -0.05) is 49.4 Å². The molecule has 0 amide bonds. The van der Waals surface area contributed by atoms with Crippen molar-refractivity contribution >= 4 is 5.97 Å². The van der Waals surface area contributed by atoms with Gasteiger partial charge in [-0.25, -0.2) is 4.79 Å². The predicted octanol–water partition coefficient (Wildman–Crippen LogP) is 3.07. The molecule has 1 unspecified atom stereocenters. The third-order valence-electron chi connectivity index (χ3n) is 4.81. The smallest absolute Gasteiger partial charge is 0.340 e. The van der Waals surface area contributed by atoms with Crippen molar-refractivity contribution in [2.75, 3.05) is 0 Å². The summed E-state index contributed by atoms with van der Waals surface area (Å²) in [5.74, 6) is -0.0287. The molecule has 3 N–H and O–H groups in total. The zero-order chi connectivity index (χ0) is 18.9. The number of aliphatic hydroxyl groups excluding tert-OH is 1. The van der Waals surface area contributed by atoms with Crippen molar-refractivity contribution in [3.8, 4) is 5.75 Å². The molecule has 5 nitrogen and oxygen atoms in total. The Bertz CT molecular complexity index is 788. The Morgan fingerprint density at radius 1 is 1.27 bits per heavy atom. The number of benzene rings is 2. The summed E-state index contributed by atoms with van der Waals surface area (Å²) in [7, 11) is 0. The van der Waals surface area contributed by atoms with Gasteiger partial charge < -0.3 is 20.3 Å². The van der Waals surface area contributed by atoms with Crippen LogP contribution in [0.25, 0.3) is 0 Å². The van der Waals surface area contributed by atoms with Crippen molar-refractivity contribution in [1.82, 2.24) is 0 Å². The molecule has 138 valence electrons. The van der Waals surface area contributed by atoms with Crippen LogP contribution >= 0.6 is 0 Å². The molecule has 3 atom stereocenters. The van der Waals surface area contributed by atoms with E-state index < -0.39 is 29.8 Å². The van der Waals surface area contributed by atoms with Gasteiger partial charge in [0, 0.05) is 5.56 Å². The second-order valence-corrected chi connectivity index (χ2v) is 7.13. The lowest BCUT2D eigenvalue weighted by atomic mass is 9.86. The highest BCUT2D eigenvalue weighted by Gasteiger charge is 2.45. The number of ether oxygens (including phenoxy) is 2. The van der Waals surface area contributed by atoms with E-state index in [9.17, 15) is 9.90 Å². The van der Waals surface area contributed by atoms with E-state index in [0.29, 0.717) is 11.3 Å². The lowest BCUT2D eigenvalue weighted by Crippen LogP contribution is -2.53. The average molecular weight is 355 g/mol. The zero-order valence-electron chi connectivity index (χ0n) is 15.3. The maximum absolute atomic E-state index is 12.5. The van der Waals surface area contributed by atoms with Gasteiger partial charge in [-0.15, -0.1) is 0 Å². The molecule has 3 rings (SSSR count). The number of aryl methyl sites for hydroxylation is 1. The molecule has 0 aliphatic carbocycles. The summed E-state index contributed by atoms with van der Waals surface area (Å²) >= 11 is 0. The van der Waals surface area contributed by atoms with Crippen LogP contribution in [0.3, 0.4) is 0 Å². The normalized spacial score (nSPS) is 22.0. The van der Waals surface area contributed by atoms with Crippen LogP contribution in [0.5, 0.6) is 5.75 Å². The molecular formula is C21H25NO4. The molecule has 1 aliphatic heterocycles. The number of carbonyl (C=O) groups is 1. The summed E-state index contributed by atoms with van der Waals surface area (Å²) in [5.41, 5.74) is 8.06. The van der Waals surface area contributed by atoms with E-state index in [-0.39, 0.29) is 0 Å². The fraction of sp³-hybridized carbons (Fsp3) is 0.381. The van der Waals surface area contributed by atoms with Gasteiger partial charge in [-0.3, -0.25) is 0 Å². The molecule has 0 spiro atoms. The van der Waals surface area contributed by atoms with Crippen LogP contribution in [0.4, 0.5) is 0 Å². The van der Waals surface area contributed by atoms with E-state index in [1.165, 1.54) is 0 Å². The number of rotatable bonds is 4. The van der Waals surface area contributed by atoms with Crippen LogP contribution in [0.15, 0.2) is 48.5 Å². The van der Waals surface area contributed by atoms with Crippen molar-refractivity contribution in [2.24, 2.45) is 5.73 Å². The second-order valence-electron chi connectivity index (χ2n) is 7.13. The first-order valence-corrected chi connectivity index (χ1v) is 8.84. The van der Waals surface area contributed by atoms with E-state index in [2.05, 4.69) is 6.92 Å². The first-order valence-electron chi connectivity index (χ1n) is 8.84. The first kappa shape index (κ1) is 18.4. The van der Waals surface area contributed by atoms with Gasteiger partial charge in [0.05, 0.1) is 6.04 Å². The number of fused-ring (bicyclic) bond motifs is 1. The summed E-state index contributed by atoms with van der Waals surface area (Å²) in [6.07, 6.45) is -1.20. The Labute approximate surface area is 153 Å². The lowest BCUT2D eigenvalue weighted by molar-refractivity contribution is -0.174. The molecule has 1 aliphatic rings. The molecule has 0 saturated heterocycles.